The van der Waals surface area contributed by atoms with Gasteiger partial charge in [0.2, 0.25) is 5.91 Å². The third kappa shape index (κ3) is 2.40. The highest BCUT2D eigenvalue weighted by Crippen LogP contribution is 2.24. The van der Waals surface area contributed by atoms with Crippen LogP contribution >= 0.6 is 0 Å². The summed E-state index contributed by atoms with van der Waals surface area (Å²) >= 11 is 0. The van der Waals surface area contributed by atoms with Gasteiger partial charge in [-0.1, -0.05) is 5.21 Å². The Hall–Kier alpha value is -2.44. The van der Waals surface area contributed by atoms with Gasteiger partial charge in [0.05, 0.1) is 23.0 Å². The fraction of sp³-hybridized carbons (Fsp3) is 0.333. The molecule has 7 heteroatoms. The van der Waals surface area contributed by atoms with Crippen molar-refractivity contribution in [1.29, 1.82) is 0 Å². The Morgan fingerprint density at radius 1 is 1.42 bits per heavy atom. The molecule has 2 aromatic rings. The maximum absolute atomic E-state index is 11.1. The molecule has 1 heterocycles. The van der Waals surface area contributed by atoms with Gasteiger partial charge in [-0.15, -0.1) is 5.10 Å². The zero-order valence-electron chi connectivity index (χ0n) is 10.6. The summed E-state index contributed by atoms with van der Waals surface area (Å²) in [6.07, 6.45) is 0.0861. The molecule has 1 aromatic heterocycles. The Kier molecular flexibility index (Phi) is 2.97. The van der Waals surface area contributed by atoms with Gasteiger partial charge in [0.1, 0.15) is 5.52 Å². The molecule has 0 saturated heterocycles. The van der Waals surface area contributed by atoms with Gasteiger partial charge in [0, 0.05) is 0 Å². The Morgan fingerprint density at radius 3 is 2.68 bits per heavy atom. The monoisotopic (exact) mass is 262 g/mol. The summed E-state index contributed by atoms with van der Waals surface area (Å²) in [4.78, 5) is 22.1. The molecule has 2 rings (SSSR count). The van der Waals surface area contributed by atoms with Crippen molar-refractivity contribution in [3.63, 3.8) is 0 Å². The van der Waals surface area contributed by atoms with Crippen molar-refractivity contribution in [2.24, 2.45) is 5.73 Å². The molecule has 3 N–H and O–H groups in total. The van der Waals surface area contributed by atoms with E-state index in [-0.39, 0.29) is 12.0 Å². The zero-order chi connectivity index (χ0) is 14.2. The van der Waals surface area contributed by atoms with Gasteiger partial charge >= 0.3 is 5.97 Å². The van der Waals surface area contributed by atoms with Gasteiger partial charge in [0.25, 0.3) is 0 Å². The normalized spacial score (nSPS) is 11.7. The number of aromatic carboxylic acids is 1. The largest absolute Gasteiger partial charge is 0.478 e. The summed E-state index contributed by atoms with van der Waals surface area (Å²) in [5.41, 5.74) is 5.82. The summed E-state index contributed by atoms with van der Waals surface area (Å²) < 4.78 is 1.53. The molecule has 0 unspecified atom stereocenters. The molecule has 0 aliphatic rings. The number of rotatable bonds is 4. The minimum absolute atomic E-state index is 0.0861. The third-order valence-electron chi connectivity index (χ3n) is 2.87. The number of hydrogen-bond acceptors (Lipinski definition) is 4. The second kappa shape index (κ2) is 4.34. The highest BCUT2D eigenvalue weighted by Gasteiger charge is 2.26. The molecular weight excluding hydrogens is 248 g/mol. The number of fused-ring (bicyclic) bond motifs is 1. The van der Waals surface area contributed by atoms with E-state index in [1.54, 1.807) is 19.9 Å². The Labute approximate surface area is 109 Å². The SMILES string of the molecule is CC(C)(CC(N)=O)n1nnc2ccc(C(=O)O)cc21. The van der Waals surface area contributed by atoms with E-state index in [0.717, 1.165) is 0 Å². The lowest BCUT2D eigenvalue weighted by Gasteiger charge is -2.23. The number of benzene rings is 1. The molecular formula is C12H14N4O3. The molecule has 19 heavy (non-hydrogen) atoms. The van der Waals surface area contributed by atoms with E-state index in [1.807, 2.05) is 0 Å². The number of nitrogens with zero attached hydrogens (tertiary/aromatic N) is 3. The van der Waals surface area contributed by atoms with Crippen LogP contribution < -0.4 is 5.73 Å². The van der Waals surface area contributed by atoms with E-state index < -0.39 is 17.4 Å². The average molecular weight is 262 g/mol. The molecule has 0 radical (unpaired) electrons. The highest BCUT2D eigenvalue weighted by molar-refractivity contribution is 5.92. The smallest absolute Gasteiger partial charge is 0.335 e. The molecule has 0 bridgehead atoms. The van der Waals surface area contributed by atoms with Crippen molar-refractivity contribution in [1.82, 2.24) is 15.0 Å². The number of carbonyl (C=O) groups excluding carboxylic acids is 1. The standard InChI is InChI=1S/C12H14N4O3/c1-12(2,6-10(13)17)16-9-5-7(11(18)19)3-4-8(9)14-15-16/h3-5H,6H2,1-2H3,(H2,13,17)(H,18,19). The number of primary amides is 1. The van der Waals surface area contributed by atoms with Crippen LogP contribution in [0, 0.1) is 0 Å². The molecule has 7 nitrogen and oxygen atoms in total. The topological polar surface area (TPSA) is 111 Å². The second-order valence-corrected chi connectivity index (χ2v) is 4.97. The quantitative estimate of drug-likeness (QED) is 0.844. The van der Waals surface area contributed by atoms with Crippen molar-refractivity contribution in [3.8, 4) is 0 Å². The van der Waals surface area contributed by atoms with Crippen molar-refractivity contribution >= 4 is 22.9 Å². The summed E-state index contributed by atoms with van der Waals surface area (Å²) in [5.74, 6) is -1.48. The van der Waals surface area contributed by atoms with Crippen LogP contribution in [0.15, 0.2) is 18.2 Å². The number of carboxylic acids is 1. The first-order valence-electron chi connectivity index (χ1n) is 5.69. The number of carboxylic acid groups (broad SMARTS) is 1. The van der Waals surface area contributed by atoms with Gasteiger partial charge < -0.3 is 10.8 Å². The second-order valence-electron chi connectivity index (χ2n) is 4.97. The lowest BCUT2D eigenvalue weighted by molar-refractivity contribution is -0.119. The molecule has 0 fully saturated rings. The van der Waals surface area contributed by atoms with E-state index in [9.17, 15) is 9.59 Å². The summed E-state index contributed by atoms with van der Waals surface area (Å²) in [6.45, 7) is 3.58. The minimum Gasteiger partial charge on any atom is -0.478 e. The van der Waals surface area contributed by atoms with E-state index >= 15 is 0 Å². The number of nitrogens with two attached hydrogens (primary N) is 1. The molecule has 0 aliphatic heterocycles. The Bertz CT molecular complexity index is 660. The average Bonchev–Trinajstić information content (AvgIpc) is 2.69. The number of amides is 1. The van der Waals surface area contributed by atoms with Crippen LogP contribution in [0.3, 0.4) is 0 Å². The van der Waals surface area contributed by atoms with Crippen LogP contribution in [0.5, 0.6) is 0 Å². The molecule has 0 spiro atoms. The van der Waals surface area contributed by atoms with Crippen molar-refractivity contribution in [2.45, 2.75) is 25.8 Å². The summed E-state index contributed by atoms with van der Waals surface area (Å²) in [6, 6.07) is 4.54. The van der Waals surface area contributed by atoms with Crippen LogP contribution in [-0.4, -0.2) is 32.0 Å². The molecule has 1 aromatic carbocycles. The van der Waals surface area contributed by atoms with Gasteiger partial charge in [-0.2, -0.15) is 0 Å². The zero-order valence-corrected chi connectivity index (χ0v) is 10.6. The first kappa shape index (κ1) is 13.0. The van der Waals surface area contributed by atoms with Gasteiger partial charge in [-0.05, 0) is 32.0 Å². The molecule has 100 valence electrons. The molecule has 1 amide bonds. The molecule has 0 saturated carbocycles. The van der Waals surface area contributed by atoms with Crippen LogP contribution in [0.4, 0.5) is 0 Å². The maximum atomic E-state index is 11.1. The maximum Gasteiger partial charge on any atom is 0.335 e. The van der Waals surface area contributed by atoms with Gasteiger partial charge in [0.15, 0.2) is 0 Å². The number of carbonyl (C=O) groups is 2. The Morgan fingerprint density at radius 2 is 2.11 bits per heavy atom. The lowest BCUT2D eigenvalue weighted by atomic mass is 10.00. The van der Waals surface area contributed by atoms with Crippen LogP contribution in [-0.2, 0) is 10.3 Å². The van der Waals surface area contributed by atoms with Crippen molar-refractivity contribution in [2.75, 3.05) is 0 Å². The lowest BCUT2D eigenvalue weighted by Crippen LogP contribution is -2.33. The first-order chi connectivity index (χ1) is 8.81. The predicted molar refractivity (Wildman–Crippen MR) is 67.6 cm³/mol. The molecule has 0 atom stereocenters. The Balaban J connectivity index is 2.57. The van der Waals surface area contributed by atoms with E-state index in [2.05, 4.69) is 10.3 Å². The van der Waals surface area contributed by atoms with E-state index in [0.29, 0.717) is 11.0 Å². The van der Waals surface area contributed by atoms with Crippen molar-refractivity contribution < 1.29 is 14.7 Å². The van der Waals surface area contributed by atoms with Crippen LogP contribution in [0.25, 0.3) is 11.0 Å². The van der Waals surface area contributed by atoms with Crippen LogP contribution in [0.1, 0.15) is 30.6 Å². The van der Waals surface area contributed by atoms with E-state index in [4.69, 9.17) is 10.8 Å². The molecule has 0 aliphatic carbocycles. The summed E-state index contributed by atoms with van der Waals surface area (Å²) in [5, 5.41) is 16.9. The third-order valence-corrected chi connectivity index (χ3v) is 2.87. The fourth-order valence-electron chi connectivity index (χ4n) is 2.00. The van der Waals surface area contributed by atoms with Crippen LogP contribution in [0.2, 0.25) is 0 Å². The number of aromatic nitrogens is 3. The van der Waals surface area contributed by atoms with Crippen molar-refractivity contribution in [3.05, 3.63) is 23.8 Å². The number of hydrogen-bond donors (Lipinski definition) is 2. The van der Waals surface area contributed by atoms with Gasteiger partial charge in [-0.3, -0.25) is 4.79 Å². The van der Waals surface area contributed by atoms with E-state index in [1.165, 1.54) is 16.8 Å². The highest BCUT2D eigenvalue weighted by atomic mass is 16.4. The first-order valence-corrected chi connectivity index (χ1v) is 5.69. The fourth-order valence-corrected chi connectivity index (χ4v) is 2.00. The minimum atomic E-state index is -1.03. The summed E-state index contributed by atoms with van der Waals surface area (Å²) in [7, 11) is 0. The predicted octanol–water partition coefficient (Wildman–Crippen LogP) is 0.740. The van der Waals surface area contributed by atoms with Gasteiger partial charge in [-0.25, -0.2) is 9.48 Å².